The lowest BCUT2D eigenvalue weighted by Crippen LogP contribution is -2.11. The van der Waals surface area contributed by atoms with Gasteiger partial charge in [0.25, 0.3) is 0 Å². The number of carbonyl (C=O) groups is 1. The van der Waals surface area contributed by atoms with E-state index in [1.54, 1.807) is 19.1 Å². The number of aromatic nitrogens is 2. The van der Waals surface area contributed by atoms with Gasteiger partial charge in [0.15, 0.2) is 5.82 Å². The number of nitrogens with zero attached hydrogens (tertiary/aromatic N) is 2. The Morgan fingerprint density at radius 1 is 1.53 bits per heavy atom. The SMILES string of the molecule is Cc1noc(CCNc2c(N)cccc2C(=O)O)n1. The van der Waals surface area contributed by atoms with Gasteiger partial charge in [-0.25, -0.2) is 4.79 Å². The van der Waals surface area contributed by atoms with Gasteiger partial charge < -0.3 is 20.7 Å². The van der Waals surface area contributed by atoms with Crippen molar-refractivity contribution < 1.29 is 14.4 Å². The zero-order chi connectivity index (χ0) is 13.8. The molecule has 0 aliphatic rings. The second kappa shape index (κ2) is 5.38. The van der Waals surface area contributed by atoms with Crippen molar-refractivity contribution in [3.8, 4) is 0 Å². The molecule has 7 nitrogen and oxygen atoms in total. The van der Waals surface area contributed by atoms with Gasteiger partial charge in [0.1, 0.15) is 0 Å². The molecule has 0 unspecified atom stereocenters. The second-order valence-electron chi connectivity index (χ2n) is 3.99. The van der Waals surface area contributed by atoms with E-state index in [4.69, 9.17) is 15.4 Å². The molecule has 0 atom stereocenters. The molecular formula is C12H14N4O3. The highest BCUT2D eigenvalue weighted by molar-refractivity contribution is 5.97. The van der Waals surface area contributed by atoms with Crippen LogP contribution in [-0.4, -0.2) is 27.8 Å². The molecule has 0 aliphatic carbocycles. The predicted molar refractivity (Wildman–Crippen MR) is 69.0 cm³/mol. The lowest BCUT2D eigenvalue weighted by molar-refractivity contribution is 0.0698. The Hall–Kier alpha value is -2.57. The van der Waals surface area contributed by atoms with Crippen molar-refractivity contribution in [1.82, 2.24) is 10.1 Å². The predicted octanol–water partition coefficient (Wildman–Crippen LogP) is 1.31. The molecule has 0 saturated carbocycles. The molecule has 0 radical (unpaired) electrons. The number of carboxylic acids is 1. The summed E-state index contributed by atoms with van der Waals surface area (Å²) >= 11 is 0. The Morgan fingerprint density at radius 3 is 2.95 bits per heavy atom. The van der Waals surface area contributed by atoms with E-state index in [0.29, 0.717) is 36.1 Å². The van der Waals surface area contributed by atoms with Crippen LogP contribution in [0.2, 0.25) is 0 Å². The summed E-state index contributed by atoms with van der Waals surface area (Å²) in [6, 6.07) is 4.74. The minimum absolute atomic E-state index is 0.140. The molecule has 2 aromatic rings. The van der Waals surface area contributed by atoms with Gasteiger partial charge in [0.05, 0.1) is 16.9 Å². The Labute approximate surface area is 109 Å². The summed E-state index contributed by atoms with van der Waals surface area (Å²) in [5.41, 5.74) is 6.70. The number of carboxylic acid groups (broad SMARTS) is 1. The van der Waals surface area contributed by atoms with E-state index >= 15 is 0 Å². The summed E-state index contributed by atoms with van der Waals surface area (Å²) in [6.07, 6.45) is 0.494. The molecule has 0 aliphatic heterocycles. The molecule has 2 rings (SSSR count). The van der Waals surface area contributed by atoms with Gasteiger partial charge in [-0.2, -0.15) is 4.98 Å². The van der Waals surface area contributed by atoms with Gasteiger partial charge in [-0.15, -0.1) is 0 Å². The quantitative estimate of drug-likeness (QED) is 0.696. The molecule has 7 heteroatoms. The van der Waals surface area contributed by atoms with Crippen molar-refractivity contribution in [2.45, 2.75) is 13.3 Å². The Morgan fingerprint density at radius 2 is 2.32 bits per heavy atom. The number of anilines is 2. The standard InChI is InChI=1S/C12H14N4O3/c1-7-15-10(19-16-7)5-6-14-11-8(12(17)18)3-2-4-9(11)13/h2-4,14H,5-6,13H2,1H3,(H,17,18). The maximum absolute atomic E-state index is 11.1. The number of nitrogen functional groups attached to an aromatic ring is 1. The van der Waals surface area contributed by atoms with Gasteiger partial charge in [0.2, 0.25) is 5.89 Å². The van der Waals surface area contributed by atoms with Crippen molar-refractivity contribution in [2.24, 2.45) is 0 Å². The van der Waals surface area contributed by atoms with Gasteiger partial charge in [-0.3, -0.25) is 0 Å². The van der Waals surface area contributed by atoms with Crippen LogP contribution in [0.1, 0.15) is 22.1 Å². The van der Waals surface area contributed by atoms with Gasteiger partial charge >= 0.3 is 5.97 Å². The number of para-hydroxylation sites is 1. The molecule has 4 N–H and O–H groups in total. The fourth-order valence-corrected chi connectivity index (χ4v) is 1.68. The van der Waals surface area contributed by atoms with Gasteiger partial charge in [0, 0.05) is 13.0 Å². The third kappa shape index (κ3) is 3.01. The van der Waals surface area contributed by atoms with Crippen LogP contribution < -0.4 is 11.1 Å². The number of nitrogens with two attached hydrogens (primary N) is 1. The topological polar surface area (TPSA) is 114 Å². The van der Waals surface area contributed by atoms with E-state index in [9.17, 15) is 4.79 Å². The smallest absolute Gasteiger partial charge is 0.337 e. The fourth-order valence-electron chi connectivity index (χ4n) is 1.68. The van der Waals surface area contributed by atoms with E-state index in [0.717, 1.165) is 0 Å². The van der Waals surface area contributed by atoms with Crippen LogP contribution in [0.25, 0.3) is 0 Å². The lowest BCUT2D eigenvalue weighted by Gasteiger charge is -2.11. The zero-order valence-electron chi connectivity index (χ0n) is 10.4. The number of rotatable bonds is 5. The molecule has 100 valence electrons. The summed E-state index contributed by atoms with van der Waals surface area (Å²) < 4.78 is 4.96. The van der Waals surface area contributed by atoms with E-state index < -0.39 is 5.97 Å². The molecule has 0 spiro atoms. The molecule has 1 heterocycles. The molecule has 0 amide bonds. The Bertz CT molecular complexity index is 594. The summed E-state index contributed by atoms with van der Waals surface area (Å²) in [6.45, 7) is 2.19. The normalized spacial score (nSPS) is 10.4. The Balaban J connectivity index is 2.05. The van der Waals surface area contributed by atoms with Crippen LogP contribution in [0.4, 0.5) is 11.4 Å². The van der Waals surface area contributed by atoms with Crippen LogP contribution in [0.3, 0.4) is 0 Å². The lowest BCUT2D eigenvalue weighted by atomic mass is 10.1. The molecular weight excluding hydrogens is 248 g/mol. The number of aryl methyl sites for hydroxylation is 1. The molecule has 0 bridgehead atoms. The van der Waals surface area contributed by atoms with Crippen LogP contribution in [0, 0.1) is 6.92 Å². The first-order chi connectivity index (χ1) is 9.08. The number of nitrogens with one attached hydrogen (secondary N) is 1. The zero-order valence-corrected chi connectivity index (χ0v) is 10.4. The summed E-state index contributed by atoms with van der Waals surface area (Å²) in [5.74, 6) is 0.0419. The molecule has 19 heavy (non-hydrogen) atoms. The molecule has 1 aromatic heterocycles. The van der Waals surface area contributed by atoms with Crippen molar-refractivity contribution >= 4 is 17.3 Å². The monoisotopic (exact) mass is 262 g/mol. The van der Waals surface area contributed by atoms with Crippen LogP contribution in [0.15, 0.2) is 22.7 Å². The van der Waals surface area contributed by atoms with Crippen molar-refractivity contribution in [2.75, 3.05) is 17.6 Å². The van der Waals surface area contributed by atoms with E-state index in [-0.39, 0.29) is 5.56 Å². The largest absolute Gasteiger partial charge is 0.478 e. The maximum Gasteiger partial charge on any atom is 0.337 e. The first-order valence-corrected chi connectivity index (χ1v) is 5.73. The highest BCUT2D eigenvalue weighted by atomic mass is 16.5. The maximum atomic E-state index is 11.1. The molecule has 1 aromatic carbocycles. The van der Waals surface area contributed by atoms with Crippen LogP contribution >= 0.6 is 0 Å². The van der Waals surface area contributed by atoms with E-state index in [1.807, 2.05) is 0 Å². The fraction of sp³-hybridized carbons (Fsp3) is 0.250. The number of hydrogen-bond donors (Lipinski definition) is 3. The average molecular weight is 262 g/mol. The van der Waals surface area contributed by atoms with Crippen molar-refractivity contribution in [1.29, 1.82) is 0 Å². The minimum Gasteiger partial charge on any atom is -0.478 e. The summed E-state index contributed by atoms with van der Waals surface area (Å²) in [4.78, 5) is 15.1. The summed E-state index contributed by atoms with van der Waals surface area (Å²) in [5, 5.41) is 15.7. The van der Waals surface area contributed by atoms with Gasteiger partial charge in [-0.1, -0.05) is 11.2 Å². The third-order valence-corrected chi connectivity index (χ3v) is 2.54. The number of aromatic carboxylic acids is 1. The Kier molecular flexibility index (Phi) is 3.65. The van der Waals surface area contributed by atoms with Crippen molar-refractivity contribution in [3.63, 3.8) is 0 Å². The second-order valence-corrected chi connectivity index (χ2v) is 3.99. The summed E-state index contributed by atoms with van der Waals surface area (Å²) in [7, 11) is 0. The van der Waals surface area contributed by atoms with E-state index in [2.05, 4.69) is 15.5 Å². The van der Waals surface area contributed by atoms with Gasteiger partial charge in [-0.05, 0) is 19.1 Å². The van der Waals surface area contributed by atoms with Crippen molar-refractivity contribution in [3.05, 3.63) is 35.5 Å². The number of hydrogen-bond acceptors (Lipinski definition) is 6. The molecule has 0 fully saturated rings. The highest BCUT2D eigenvalue weighted by Crippen LogP contribution is 2.23. The van der Waals surface area contributed by atoms with Crippen LogP contribution in [0.5, 0.6) is 0 Å². The van der Waals surface area contributed by atoms with E-state index in [1.165, 1.54) is 6.07 Å². The third-order valence-electron chi connectivity index (χ3n) is 2.54. The highest BCUT2D eigenvalue weighted by Gasteiger charge is 2.12. The first-order valence-electron chi connectivity index (χ1n) is 5.73. The first kappa shape index (κ1) is 12.9. The minimum atomic E-state index is -1.02. The molecule has 0 saturated heterocycles. The average Bonchev–Trinajstić information content (AvgIpc) is 2.77. The number of benzene rings is 1. The van der Waals surface area contributed by atoms with Crippen LogP contribution in [-0.2, 0) is 6.42 Å².